The van der Waals surface area contributed by atoms with Crippen molar-refractivity contribution in [2.24, 2.45) is 0 Å². The molecule has 0 heterocycles. The third-order valence-corrected chi connectivity index (χ3v) is 3.42. The molecule has 2 aromatic rings. The van der Waals surface area contributed by atoms with E-state index in [1.165, 1.54) is 0 Å². The predicted octanol–water partition coefficient (Wildman–Crippen LogP) is 4.18. The van der Waals surface area contributed by atoms with Crippen LogP contribution in [0.4, 0.5) is 0 Å². The van der Waals surface area contributed by atoms with Crippen molar-refractivity contribution in [1.29, 1.82) is 0 Å². The summed E-state index contributed by atoms with van der Waals surface area (Å²) >= 11 is 0. The third kappa shape index (κ3) is 2.85. The summed E-state index contributed by atoms with van der Waals surface area (Å²) < 4.78 is 0. The topological polar surface area (TPSA) is 34.1 Å². The second-order valence-corrected chi connectivity index (χ2v) is 5.25. The largest absolute Gasteiger partial charge is 0.285 e. The Labute approximate surface area is 119 Å². The lowest BCUT2D eigenvalue weighted by Gasteiger charge is -2.10. The number of benzene rings is 2. The highest BCUT2D eigenvalue weighted by atomic mass is 16.2. The molecular weight excluding hydrogens is 248 g/mol. The SMILES string of the molecule is Cc1ccc(C(C)C)cc1C(=O)C(=O)c1ccccc1. The average molecular weight is 266 g/mol. The van der Waals surface area contributed by atoms with Crippen LogP contribution in [0.2, 0.25) is 0 Å². The smallest absolute Gasteiger partial charge is 0.233 e. The summed E-state index contributed by atoms with van der Waals surface area (Å²) in [5.41, 5.74) is 2.85. The molecule has 0 saturated carbocycles. The van der Waals surface area contributed by atoms with Gasteiger partial charge in [0.25, 0.3) is 0 Å². The van der Waals surface area contributed by atoms with Gasteiger partial charge in [-0.1, -0.05) is 56.3 Å². The molecule has 0 aromatic heterocycles. The Morgan fingerprint density at radius 1 is 0.900 bits per heavy atom. The number of aryl methyl sites for hydroxylation is 1. The fourth-order valence-electron chi connectivity index (χ4n) is 2.09. The van der Waals surface area contributed by atoms with Gasteiger partial charge in [-0.3, -0.25) is 9.59 Å². The van der Waals surface area contributed by atoms with Crippen molar-refractivity contribution in [3.63, 3.8) is 0 Å². The lowest BCUT2D eigenvalue weighted by molar-refractivity contribution is 0.0816. The summed E-state index contributed by atoms with van der Waals surface area (Å²) in [6, 6.07) is 14.4. The van der Waals surface area contributed by atoms with Crippen LogP contribution < -0.4 is 0 Å². The Hall–Kier alpha value is -2.22. The molecule has 0 fully saturated rings. The number of carbonyl (C=O) groups excluding carboxylic acids is 2. The Morgan fingerprint density at radius 3 is 2.15 bits per heavy atom. The first kappa shape index (κ1) is 14.2. The second-order valence-electron chi connectivity index (χ2n) is 5.25. The van der Waals surface area contributed by atoms with Crippen LogP contribution in [-0.4, -0.2) is 11.6 Å². The van der Waals surface area contributed by atoms with E-state index in [0.717, 1.165) is 11.1 Å². The maximum absolute atomic E-state index is 12.4. The molecule has 102 valence electrons. The maximum atomic E-state index is 12.4. The van der Waals surface area contributed by atoms with E-state index in [4.69, 9.17) is 0 Å². The molecule has 0 amide bonds. The van der Waals surface area contributed by atoms with Crippen molar-refractivity contribution in [1.82, 2.24) is 0 Å². The number of hydrogen-bond donors (Lipinski definition) is 0. The molecule has 0 spiro atoms. The molecule has 0 aliphatic carbocycles. The molecule has 20 heavy (non-hydrogen) atoms. The van der Waals surface area contributed by atoms with Gasteiger partial charge in [-0.15, -0.1) is 0 Å². The van der Waals surface area contributed by atoms with Gasteiger partial charge in [0.1, 0.15) is 0 Å². The van der Waals surface area contributed by atoms with E-state index >= 15 is 0 Å². The van der Waals surface area contributed by atoms with E-state index in [2.05, 4.69) is 13.8 Å². The van der Waals surface area contributed by atoms with Crippen molar-refractivity contribution in [2.75, 3.05) is 0 Å². The normalized spacial score (nSPS) is 10.6. The van der Waals surface area contributed by atoms with E-state index in [0.29, 0.717) is 17.0 Å². The number of ketones is 2. The third-order valence-electron chi connectivity index (χ3n) is 3.42. The van der Waals surface area contributed by atoms with Gasteiger partial charge in [-0.05, 0) is 30.0 Å². The zero-order valence-corrected chi connectivity index (χ0v) is 12.0. The first-order chi connectivity index (χ1) is 9.50. The number of rotatable bonds is 4. The van der Waals surface area contributed by atoms with Crippen LogP contribution in [0.15, 0.2) is 48.5 Å². The molecule has 0 aliphatic rings. The molecule has 0 saturated heterocycles. The highest BCUT2D eigenvalue weighted by Gasteiger charge is 2.20. The van der Waals surface area contributed by atoms with Crippen LogP contribution in [0.3, 0.4) is 0 Å². The molecule has 0 aliphatic heterocycles. The zero-order valence-electron chi connectivity index (χ0n) is 12.0. The number of hydrogen-bond acceptors (Lipinski definition) is 2. The van der Waals surface area contributed by atoms with E-state index in [1.54, 1.807) is 24.3 Å². The van der Waals surface area contributed by atoms with Gasteiger partial charge in [0.05, 0.1) is 0 Å². The van der Waals surface area contributed by atoms with Gasteiger partial charge in [0, 0.05) is 11.1 Å². The number of Topliss-reactive ketones (excluding diaryl/α,β-unsaturated/α-hetero) is 2. The second kappa shape index (κ2) is 5.83. The first-order valence-electron chi connectivity index (χ1n) is 6.75. The zero-order chi connectivity index (χ0) is 14.7. The van der Waals surface area contributed by atoms with Crippen molar-refractivity contribution < 1.29 is 9.59 Å². The van der Waals surface area contributed by atoms with E-state index in [1.807, 2.05) is 31.2 Å². The molecule has 2 nitrogen and oxygen atoms in total. The van der Waals surface area contributed by atoms with Crippen LogP contribution in [0, 0.1) is 6.92 Å². The molecule has 0 N–H and O–H groups in total. The number of carbonyl (C=O) groups is 2. The quantitative estimate of drug-likeness (QED) is 0.614. The molecule has 2 aromatic carbocycles. The minimum absolute atomic E-state index is 0.328. The van der Waals surface area contributed by atoms with E-state index < -0.39 is 11.6 Å². The minimum atomic E-state index is -0.449. The van der Waals surface area contributed by atoms with Crippen molar-refractivity contribution in [3.8, 4) is 0 Å². The summed E-state index contributed by atoms with van der Waals surface area (Å²) in [7, 11) is 0. The monoisotopic (exact) mass is 266 g/mol. The van der Waals surface area contributed by atoms with E-state index in [9.17, 15) is 9.59 Å². The lowest BCUT2D eigenvalue weighted by Crippen LogP contribution is -2.16. The van der Waals surface area contributed by atoms with Crippen LogP contribution in [0.1, 0.15) is 51.6 Å². The maximum Gasteiger partial charge on any atom is 0.233 e. The van der Waals surface area contributed by atoms with Gasteiger partial charge in [0.15, 0.2) is 0 Å². The van der Waals surface area contributed by atoms with Crippen LogP contribution >= 0.6 is 0 Å². The molecular formula is C18H18O2. The van der Waals surface area contributed by atoms with Gasteiger partial charge in [0.2, 0.25) is 11.6 Å². The summed E-state index contributed by atoms with van der Waals surface area (Å²) in [5.74, 6) is -0.556. The van der Waals surface area contributed by atoms with Gasteiger partial charge in [-0.2, -0.15) is 0 Å². The summed E-state index contributed by atoms with van der Waals surface area (Å²) in [4.78, 5) is 24.6. The highest BCUT2D eigenvalue weighted by Crippen LogP contribution is 2.20. The molecule has 0 unspecified atom stereocenters. The van der Waals surface area contributed by atoms with Crippen LogP contribution in [0.5, 0.6) is 0 Å². The Morgan fingerprint density at radius 2 is 1.55 bits per heavy atom. The molecule has 2 rings (SSSR count). The molecule has 2 heteroatoms. The first-order valence-corrected chi connectivity index (χ1v) is 6.75. The summed E-state index contributed by atoms with van der Waals surface area (Å²) in [6.07, 6.45) is 0. The Kier molecular flexibility index (Phi) is 4.14. The Bertz CT molecular complexity index is 640. The Balaban J connectivity index is 2.39. The van der Waals surface area contributed by atoms with Gasteiger partial charge < -0.3 is 0 Å². The van der Waals surface area contributed by atoms with Gasteiger partial charge in [-0.25, -0.2) is 0 Å². The fourth-order valence-corrected chi connectivity index (χ4v) is 2.09. The lowest BCUT2D eigenvalue weighted by atomic mass is 9.93. The van der Waals surface area contributed by atoms with Crippen LogP contribution in [0.25, 0.3) is 0 Å². The van der Waals surface area contributed by atoms with Gasteiger partial charge >= 0.3 is 0 Å². The van der Waals surface area contributed by atoms with Crippen molar-refractivity contribution in [2.45, 2.75) is 26.7 Å². The van der Waals surface area contributed by atoms with Crippen LogP contribution in [-0.2, 0) is 0 Å². The molecule has 0 radical (unpaired) electrons. The summed E-state index contributed by atoms with van der Waals surface area (Å²) in [6.45, 7) is 5.99. The van der Waals surface area contributed by atoms with E-state index in [-0.39, 0.29) is 0 Å². The van der Waals surface area contributed by atoms with Crippen molar-refractivity contribution in [3.05, 3.63) is 70.8 Å². The average Bonchev–Trinajstić information content (AvgIpc) is 2.47. The highest BCUT2D eigenvalue weighted by molar-refractivity contribution is 6.49. The standard InChI is InChI=1S/C18H18O2/c1-12(2)15-10-9-13(3)16(11-15)18(20)17(19)14-7-5-4-6-8-14/h4-12H,1-3H3. The minimum Gasteiger partial charge on any atom is -0.285 e. The molecule has 0 atom stereocenters. The summed E-state index contributed by atoms with van der Waals surface area (Å²) in [5, 5.41) is 0. The predicted molar refractivity (Wildman–Crippen MR) is 80.4 cm³/mol. The molecule has 0 bridgehead atoms. The fraction of sp³-hybridized carbons (Fsp3) is 0.222. The van der Waals surface area contributed by atoms with Crippen molar-refractivity contribution >= 4 is 11.6 Å².